The number of carbonyl (C=O) groups excluding carboxylic acids is 2. The number of hydrogen-bond donors (Lipinski definition) is 2. The molecule has 1 atom stereocenters. The minimum atomic E-state index is -0.682. The summed E-state index contributed by atoms with van der Waals surface area (Å²) in [7, 11) is 0. The molecule has 2 N–H and O–H groups in total. The molecule has 1 heterocycles. The zero-order chi connectivity index (χ0) is 22.2. The quantitative estimate of drug-likeness (QED) is 0.680. The molecule has 0 bridgehead atoms. The van der Waals surface area contributed by atoms with Crippen LogP contribution in [0.3, 0.4) is 0 Å². The number of benzene rings is 2. The van der Waals surface area contributed by atoms with Gasteiger partial charge in [0.1, 0.15) is 11.9 Å². The predicted octanol–water partition coefficient (Wildman–Crippen LogP) is 2.73. The Kier molecular flexibility index (Phi) is 8.14. The van der Waals surface area contributed by atoms with Crippen molar-refractivity contribution in [3.8, 4) is 0 Å². The maximum Gasteiger partial charge on any atom is 0.251 e. The van der Waals surface area contributed by atoms with Crippen molar-refractivity contribution in [1.82, 2.24) is 15.5 Å². The fourth-order valence-electron chi connectivity index (χ4n) is 3.44. The molecule has 2 aromatic rings. The van der Waals surface area contributed by atoms with Gasteiger partial charge in [-0.2, -0.15) is 0 Å². The van der Waals surface area contributed by atoms with Crippen LogP contribution in [0.5, 0.6) is 0 Å². The van der Waals surface area contributed by atoms with E-state index in [2.05, 4.69) is 27.7 Å². The minimum absolute atomic E-state index is 0.0969. The molecule has 1 aliphatic rings. The molecule has 0 spiro atoms. The number of morpholine rings is 1. The van der Waals surface area contributed by atoms with Crippen LogP contribution in [0.2, 0.25) is 0 Å². The molecule has 1 fully saturated rings. The van der Waals surface area contributed by atoms with Gasteiger partial charge in [-0.05, 0) is 41.3 Å². The van der Waals surface area contributed by atoms with Crippen molar-refractivity contribution in [3.05, 3.63) is 71.0 Å². The van der Waals surface area contributed by atoms with Crippen LogP contribution in [-0.4, -0.2) is 49.1 Å². The average molecular weight is 428 g/mol. The Labute approximate surface area is 182 Å². The van der Waals surface area contributed by atoms with Gasteiger partial charge in [0.15, 0.2) is 0 Å². The summed E-state index contributed by atoms with van der Waals surface area (Å²) in [5, 5.41) is 5.66. The standard InChI is InChI=1S/C24H30FN3O3/c1-17(2)22(27-23(29)20-7-9-21(25)10-8-20)24(30)26-15-18-3-5-19(6-4-18)16-28-11-13-31-14-12-28/h3-10,17,22H,11-16H2,1-2H3,(H,26,30)(H,27,29). The topological polar surface area (TPSA) is 70.7 Å². The Hall–Kier alpha value is -2.77. The van der Waals surface area contributed by atoms with Crippen molar-refractivity contribution in [2.45, 2.75) is 33.0 Å². The van der Waals surface area contributed by atoms with Crippen LogP contribution in [0.1, 0.15) is 35.3 Å². The lowest BCUT2D eigenvalue weighted by atomic mass is 10.0. The lowest BCUT2D eigenvalue weighted by Gasteiger charge is -2.26. The highest BCUT2D eigenvalue weighted by Gasteiger charge is 2.24. The van der Waals surface area contributed by atoms with Crippen molar-refractivity contribution < 1.29 is 18.7 Å². The Morgan fingerprint density at radius 1 is 1.00 bits per heavy atom. The second-order valence-electron chi connectivity index (χ2n) is 8.12. The SMILES string of the molecule is CC(C)C(NC(=O)c1ccc(F)cc1)C(=O)NCc1ccc(CN2CCOCC2)cc1. The molecule has 6 nitrogen and oxygen atoms in total. The molecule has 0 radical (unpaired) electrons. The van der Waals surface area contributed by atoms with Gasteiger partial charge in [-0.1, -0.05) is 38.1 Å². The van der Waals surface area contributed by atoms with Gasteiger partial charge >= 0.3 is 0 Å². The van der Waals surface area contributed by atoms with Crippen LogP contribution >= 0.6 is 0 Å². The number of carbonyl (C=O) groups is 2. The molecule has 0 aliphatic carbocycles. The summed E-state index contributed by atoms with van der Waals surface area (Å²) in [5.74, 6) is -1.16. The molecule has 0 saturated carbocycles. The van der Waals surface area contributed by atoms with Gasteiger partial charge < -0.3 is 15.4 Å². The predicted molar refractivity (Wildman–Crippen MR) is 117 cm³/mol. The molecule has 1 saturated heterocycles. The first-order valence-corrected chi connectivity index (χ1v) is 10.6. The van der Waals surface area contributed by atoms with Crippen molar-refractivity contribution in [1.29, 1.82) is 0 Å². The van der Waals surface area contributed by atoms with Gasteiger partial charge in [-0.25, -0.2) is 4.39 Å². The molecular weight excluding hydrogens is 397 g/mol. The maximum absolute atomic E-state index is 13.1. The van der Waals surface area contributed by atoms with Crippen LogP contribution in [0.15, 0.2) is 48.5 Å². The third kappa shape index (κ3) is 6.87. The number of nitrogens with one attached hydrogen (secondary N) is 2. The number of amides is 2. The van der Waals surface area contributed by atoms with Gasteiger partial charge in [0.2, 0.25) is 5.91 Å². The minimum Gasteiger partial charge on any atom is -0.379 e. The van der Waals surface area contributed by atoms with Crippen LogP contribution in [0.4, 0.5) is 4.39 Å². The van der Waals surface area contributed by atoms with Crippen molar-refractivity contribution in [3.63, 3.8) is 0 Å². The van der Waals surface area contributed by atoms with E-state index in [-0.39, 0.29) is 11.8 Å². The summed E-state index contributed by atoms with van der Waals surface area (Å²) in [4.78, 5) is 27.5. The number of hydrogen-bond acceptors (Lipinski definition) is 4. The zero-order valence-electron chi connectivity index (χ0n) is 18.1. The Balaban J connectivity index is 1.52. The summed E-state index contributed by atoms with van der Waals surface area (Å²) >= 11 is 0. The highest BCUT2D eigenvalue weighted by Crippen LogP contribution is 2.10. The monoisotopic (exact) mass is 427 g/mol. The van der Waals surface area contributed by atoms with Crippen LogP contribution < -0.4 is 10.6 Å². The van der Waals surface area contributed by atoms with Crippen LogP contribution in [-0.2, 0) is 22.6 Å². The van der Waals surface area contributed by atoms with E-state index in [9.17, 15) is 14.0 Å². The zero-order valence-corrected chi connectivity index (χ0v) is 18.1. The highest BCUT2D eigenvalue weighted by atomic mass is 19.1. The largest absolute Gasteiger partial charge is 0.379 e. The van der Waals surface area contributed by atoms with E-state index in [1.807, 2.05) is 26.0 Å². The molecule has 0 aromatic heterocycles. The first kappa shape index (κ1) is 22.9. The summed E-state index contributed by atoms with van der Waals surface area (Å²) in [6.45, 7) is 8.45. The van der Waals surface area contributed by atoms with Gasteiger partial charge in [0, 0.05) is 31.7 Å². The summed E-state index contributed by atoms with van der Waals surface area (Å²) in [6, 6.07) is 12.7. The molecular formula is C24H30FN3O3. The Morgan fingerprint density at radius 3 is 2.23 bits per heavy atom. The number of ether oxygens (including phenoxy) is 1. The van der Waals surface area contributed by atoms with Gasteiger partial charge in [0.25, 0.3) is 5.91 Å². The van der Waals surface area contributed by atoms with E-state index in [0.717, 1.165) is 38.4 Å². The molecule has 3 rings (SSSR count). The fourth-order valence-corrected chi connectivity index (χ4v) is 3.44. The van der Waals surface area contributed by atoms with E-state index in [0.29, 0.717) is 12.1 Å². The number of nitrogens with zero attached hydrogens (tertiary/aromatic N) is 1. The first-order chi connectivity index (χ1) is 14.9. The summed E-state index contributed by atoms with van der Waals surface area (Å²) < 4.78 is 18.4. The highest BCUT2D eigenvalue weighted by molar-refractivity contribution is 5.97. The average Bonchev–Trinajstić information content (AvgIpc) is 2.77. The molecule has 31 heavy (non-hydrogen) atoms. The normalized spacial score (nSPS) is 15.5. The van der Waals surface area contributed by atoms with Crippen molar-refractivity contribution >= 4 is 11.8 Å². The fraction of sp³-hybridized carbons (Fsp3) is 0.417. The van der Waals surface area contributed by atoms with Crippen molar-refractivity contribution in [2.24, 2.45) is 5.92 Å². The van der Waals surface area contributed by atoms with Crippen LogP contribution in [0.25, 0.3) is 0 Å². The maximum atomic E-state index is 13.1. The molecule has 1 unspecified atom stereocenters. The second-order valence-corrected chi connectivity index (χ2v) is 8.12. The smallest absolute Gasteiger partial charge is 0.251 e. The number of rotatable bonds is 8. The molecule has 166 valence electrons. The second kappa shape index (κ2) is 11.0. The third-order valence-electron chi connectivity index (χ3n) is 5.34. The molecule has 1 aliphatic heterocycles. The van der Waals surface area contributed by atoms with Gasteiger partial charge in [-0.3, -0.25) is 14.5 Å². The lowest BCUT2D eigenvalue weighted by molar-refractivity contribution is -0.124. The lowest BCUT2D eigenvalue weighted by Crippen LogP contribution is -2.49. The van der Waals surface area contributed by atoms with Crippen LogP contribution in [0, 0.1) is 11.7 Å². The Morgan fingerprint density at radius 2 is 1.61 bits per heavy atom. The van der Waals surface area contributed by atoms with E-state index in [4.69, 9.17) is 4.74 Å². The number of halogens is 1. The van der Waals surface area contributed by atoms with Gasteiger partial charge in [-0.15, -0.1) is 0 Å². The van der Waals surface area contributed by atoms with E-state index >= 15 is 0 Å². The first-order valence-electron chi connectivity index (χ1n) is 10.6. The molecule has 2 amide bonds. The third-order valence-corrected chi connectivity index (χ3v) is 5.34. The summed E-state index contributed by atoms with van der Waals surface area (Å²) in [5.41, 5.74) is 2.53. The molecule has 7 heteroatoms. The molecule has 2 aromatic carbocycles. The van der Waals surface area contributed by atoms with E-state index in [1.54, 1.807) is 0 Å². The van der Waals surface area contributed by atoms with Crippen molar-refractivity contribution in [2.75, 3.05) is 26.3 Å². The Bertz CT molecular complexity index is 863. The van der Waals surface area contributed by atoms with Gasteiger partial charge in [0.05, 0.1) is 13.2 Å². The van der Waals surface area contributed by atoms with E-state index in [1.165, 1.54) is 29.8 Å². The van der Waals surface area contributed by atoms with E-state index < -0.39 is 17.8 Å². The summed E-state index contributed by atoms with van der Waals surface area (Å²) in [6.07, 6.45) is 0.